The van der Waals surface area contributed by atoms with Crippen LogP contribution in [0.15, 0.2) is 94.9 Å². The highest BCUT2D eigenvalue weighted by Crippen LogP contribution is 2.65. The average molecular weight is 829 g/mol. The summed E-state index contributed by atoms with van der Waals surface area (Å²) in [5.74, 6) is 1.58. The minimum absolute atomic E-state index is 0.0182. The molecule has 6 rings (SSSR count). The van der Waals surface area contributed by atoms with E-state index in [2.05, 4.69) is 148 Å². The van der Waals surface area contributed by atoms with Gasteiger partial charge in [-0.25, -0.2) is 4.83 Å². The second-order valence-corrected chi connectivity index (χ2v) is 32.0. The van der Waals surface area contributed by atoms with Gasteiger partial charge in [0.1, 0.15) is 0 Å². The Labute approximate surface area is 348 Å². The molecule has 3 aromatic rings. The Morgan fingerprint density at radius 1 is 0.807 bits per heavy atom. The summed E-state index contributed by atoms with van der Waals surface area (Å²) in [7, 11) is -8.71. The molecule has 3 aliphatic rings. The van der Waals surface area contributed by atoms with Gasteiger partial charge in [0.15, 0.2) is 8.32 Å². The van der Waals surface area contributed by atoms with Crippen LogP contribution in [0.1, 0.15) is 107 Å². The summed E-state index contributed by atoms with van der Waals surface area (Å²) in [6.45, 7) is 31.1. The van der Waals surface area contributed by atoms with Crippen molar-refractivity contribution in [3.05, 3.63) is 90.5 Å². The molecule has 3 aromatic carbocycles. The average Bonchev–Trinajstić information content (AvgIpc) is 3.13. The molecule has 0 aliphatic heterocycles. The minimum Gasteiger partial charge on any atom is -0.413 e. The van der Waals surface area contributed by atoms with Gasteiger partial charge < -0.3 is 8.85 Å². The number of nitrogens with one attached hydrogen (secondary N) is 1. The van der Waals surface area contributed by atoms with Crippen LogP contribution in [-0.4, -0.2) is 43.5 Å². The summed E-state index contributed by atoms with van der Waals surface area (Å²) in [6.07, 6.45) is 5.49. The first-order valence-electron chi connectivity index (χ1n) is 21.5. The van der Waals surface area contributed by atoms with E-state index in [9.17, 15) is 8.42 Å². The van der Waals surface area contributed by atoms with Crippen LogP contribution in [0, 0.1) is 47.3 Å². The van der Waals surface area contributed by atoms with Crippen molar-refractivity contribution in [2.45, 2.75) is 142 Å². The number of hydrazone groups is 1. The van der Waals surface area contributed by atoms with E-state index in [4.69, 9.17) is 14.0 Å². The lowest BCUT2D eigenvalue weighted by molar-refractivity contribution is -0.155. The number of nitrogens with zero attached hydrogens (tertiary/aromatic N) is 1. The normalized spacial score (nSPS) is 29.0. The van der Waals surface area contributed by atoms with Crippen molar-refractivity contribution < 1.29 is 17.3 Å². The largest absolute Gasteiger partial charge is 0.413 e. The van der Waals surface area contributed by atoms with Crippen LogP contribution in [0.25, 0.3) is 0 Å². The van der Waals surface area contributed by atoms with Crippen molar-refractivity contribution in [2.75, 3.05) is 6.61 Å². The van der Waals surface area contributed by atoms with Crippen LogP contribution >= 0.6 is 0 Å². The van der Waals surface area contributed by atoms with Crippen molar-refractivity contribution >= 4 is 42.7 Å². The second kappa shape index (κ2) is 15.8. The highest BCUT2D eigenvalue weighted by Gasteiger charge is 2.61. The predicted octanol–water partition coefficient (Wildman–Crippen LogP) is 10.7. The number of rotatable bonds is 10. The Morgan fingerprint density at radius 2 is 1.37 bits per heavy atom. The molecule has 0 saturated heterocycles. The highest BCUT2D eigenvalue weighted by molar-refractivity contribution is 7.89. The third-order valence-corrected chi connectivity index (χ3v) is 26.3. The van der Waals surface area contributed by atoms with Gasteiger partial charge in [0.05, 0.1) is 11.0 Å². The fourth-order valence-corrected chi connectivity index (χ4v) is 18.1. The summed E-state index contributed by atoms with van der Waals surface area (Å²) in [5.41, 5.74) is 2.04. The van der Waals surface area contributed by atoms with Crippen molar-refractivity contribution in [1.29, 1.82) is 0 Å². The molecule has 0 heterocycles. The van der Waals surface area contributed by atoms with E-state index in [1.165, 1.54) is 16.8 Å². The van der Waals surface area contributed by atoms with Crippen LogP contribution in [-0.2, 0) is 18.9 Å². The lowest BCUT2D eigenvalue weighted by atomic mass is 9.42. The van der Waals surface area contributed by atoms with Gasteiger partial charge in [-0.2, -0.15) is 13.5 Å². The fourth-order valence-electron chi connectivity index (χ4n) is 11.2. The van der Waals surface area contributed by atoms with E-state index in [0.29, 0.717) is 24.4 Å². The van der Waals surface area contributed by atoms with Gasteiger partial charge in [0, 0.05) is 18.2 Å². The van der Waals surface area contributed by atoms with Crippen LogP contribution < -0.4 is 15.2 Å². The molecule has 0 radical (unpaired) electrons. The van der Waals surface area contributed by atoms with Crippen LogP contribution in [0.3, 0.4) is 0 Å². The molecular formula is C48H72N2O4SSi2. The maximum atomic E-state index is 13.8. The molecule has 9 heteroatoms. The number of benzene rings is 3. The zero-order chi connectivity index (χ0) is 41.8. The Morgan fingerprint density at radius 3 is 1.89 bits per heavy atom. The number of fused-ring (bicyclic) bond motifs is 3. The topological polar surface area (TPSA) is 77.0 Å². The molecule has 7 atom stereocenters. The maximum Gasteiger partial charge on any atom is 0.276 e. The molecule has 0 spiro atoms. The molecule has 3 aliphatic carbocycles. The molecule has 0 bridgehead atoms. The first-order chi connectivity index (χ1) is 26.5. The number of sulfonamides is 1. The van der Waals surface area contributed by atoms with Crippen LogP contribution in [0.2, 0.25) is 23.2 Å². The standard InChI is InChI=1S/C48H72N2O4SSi2/c1-34-24-26-36(27-25-34)55(51,52)50-49-42-32-41-39(28-29-43-47(9,10)44(30-31-48(41,43)11)54-56(12,13)45(3,4)5)35(2)40(42)33-53-57(46(6,7)8,37-20-16-14-17-21-37)38-22-18-15-19-23-38/h14-27,35,39-41,43-44,50H,28-33H2,1-13H3/b49-42+/t35-,39+,40?,41+,43+,44+,48-/m0/s1. The summed E-state index contributed by atoms with van der Waals surface area (Å²) in [6, 6.07) is 28.6. The van der Waals surface area contributed by atoms with Gasteiger partial charge in [-0.3, -0.25) is 0 Å². The van der Waals surface area contributed by atoms with Gasteiger partial charge in [-0.05, 0) is 119 Å². The highest BCUT2D eigenvalue weighted by atomic mass is 32.2. The number of hydrogen-bond acceptors (Lipinski definition) is 5. The zero-order valence-electron chi connectivity index (χ0n) is 37.3. The molecule has 3 saturated carbocycles. The number of hydrogen-bond donors (Lipinski definition) is 1. The van der Waals surface area contributed by atoms with Crippen LogP contribution in [0.5, 0.6) is 0 Å². The Bertz CT molecular complexity index is 1950. The SMILES string of the molecule is Cc1ccc(S(=O)(=O)N/N=C2\C[C@@H]3[C@H](CC[C@@H]4C(C)(C)[C@H](O[Si](C)(C)C(C)(C)C)CC[C@@]34C)[C@H](C)C2CO[Si](c2ccccc2)(c2ccccc2)C(C)(C)C)cc1. The second-order valence-electron chi connectivity index (χ2n) is 21.3. The summed E-state index contributed by atoms with van der Waals surface area (Å²) in [5, 5.41) is 7.45. The van der Waals surface area contributed by atoms with E-state index >= 15 is 0 Å². The smallest absolute Gasteiger partial charge is 0.276 e. The lowest BCUT2D eigenvalue weighted by Crippen LogP contribution is -2.67. The van der Waals surface area contributed by atoms with Gasteiger partial charge in [-0.1, -0.05) is 148 Å². The van der Waals surface area contributed by atoms with E-state index in [1.807, 2.05) is 19.1 Å². The minimum atomic E-state index is -3.88. The molecule has 1 unspecified atom stereocenters. The Hall–Kier alpha value is -2.57. The van der Waals surface area contributed by atoms with E-state index in [-0.39, 0.29) is 43.7 Å². The third-order valence-electron chi connectivity index (χ3n) is 15.6. The predicted molar refractivity (Wildman–Crippen MR) is 243 cm³/mol. The van der Waals surface area contributed by atoms with Crippen LogP contribution in [0.4, 0.5) is 0 Å². The van der Waals surface area contributed by atoms with Gasteiger partial charge in [0.25, 0.3) is 18.3 Å². The molecule has 312 valence electrons. The molecule has 6 nitrogen and oxygen atoms in total. The molecule has 57 heavy (non-hydrogen) atoms. The Kier molecular flexibility index (Phi) is 12.2. The quantitative estimate of drug-likeness (QED) is 0.163. The van der Waals surface area contributed by atoms with E-state index in [1.54, 1.807) is 12.1 Å². The molecular weight excluding hydrogens is 757 g/mol. The van der Waals surface area contributed by atoms with Gasteiger partial charge in [-0.15, -0.1) is 0 Å². The van der Waals surface area contributed by atoms with Gasteiger partial charge >= 0.3 is 0 Å². The van der Waals surface area contributed by atoms with E-state index < -0.39 is 26.7 Å². The zero-order valence-corrected chi connectivity index (χ0v) is 40.1. The number of aryl methyl sites for hydroxylation is 1. The first kappa shape index (κ1) is 44.0. The maximum absolute atomic E-state index is 13.8. The van der Waals surface area contributed by atoms with E-state index in [0.717, 1.165) is 37.0 Å². The van der Waals surface area contributed by atoms with Crippen molar-refractivity contribution in [3.63, 3.8) is 0 Å². The molecule has 1 N–H and O–H groups in total. The fraction of sp³-hybridized carbons (Fsp3) is 0.604. The summed E-state index contributed by atoms with van der Waals surface area (Å²) < 4.78 is 42.5. The first-order valence-corrected chi connectivity index (χ1v) is 27.8. The van der Waals surface area contributed by atoms with Crippen molar-refractivity contribution in [1.82, 2.24) is 4.83 Å². The van der Waals surface area contributed by atoms with Gasteiger partial charge in [0.2, 0.25) is 0 Å². The monoisotopic (exact) mass is 828 g/mol. The lowest BCUT2D eigenvalue weighted by Gasteiger charge is -2.64. The van der Waals surface area contributed by atoms with Crippen molar-refractivity contribution in [2.24, 2.45) is 45.5 Å². The molecule has 3 fully saturated rings. The third kappa shape index (κ3) is 8.18. The van der Waals surface area contributed by atoms with Crippen molar-refractivity contribution in [3.8, 4) is 0 Å². The molecule has 0 amide bonds. The summed E-state index contributed by atoms with van der Waals surface area (Å²) in [4.78, 5) is 2.98. The summed E-state index contributed by atoms with van der Waals surface area (Å²) >= 11 is 0. The molecule has 0 aromatic heterocycles. The Balaban J connectivity index is 1.39.